The van der Waals surface area contributed by atoms with E-state index in [1.165, 1.54) is 0 Å². The lowest BCUT2D eigenvalue weighted by molar-refractivity contribution is 0.216. The number of nitrogens with zero attached hydrogens (tertiary/aromatic N) is 2. The normalized spacial score (nSPS) is 11.8. The molecule has 1 aromatic heterocycles. The zero-order valence-corrected chi connectivity index (χ0v) is 8.32. The average Bonchev–Trinajstić information content (AvgIpc) is 2.15. The highest BCUT2D eigenvalue weighted by Gasteiger charge is 2.12. The third-order valence-corrected chi connectivity index (χ3v) is 1.93. The zero-order chi connectivity index (χ0) is 9.84. The summed E-state index contributed by atoms with van der Waals surface area (Å²) in [5, 5.41) is 18.0. The predicted molar refractivity (Wildman–Crippen MR) is 51.6 cm³/mol. The Kier molecular flexibility index (Phi) is 3.18. The fourth-order valence-corrected chi connectivity index (χ4v) is 1.17. The van der Waals surface area contributed by atoms with Crippen molar-refractivity contribution in [3.8, 4) is 6.07 Å². The van der Waals surface area contributed by atoms with Crippen LogP contribution in [0.2, 0.25) is 0 Å². The lowest BCUT2D eigenvalue weighted by Gasteiger charge is -2.06. The van der Waals surface area contributed by atoms with E-state index in [1.807, 2.05) is 0 Å². The van der Waals surface area contributed by atoms with Gasteiger partial charge < -0.3 is 5.11 Å². The quantitative estimate of drug-likeness (QED) is 0.633. The molecule has 1 heterocycles. The lowest BCUT2D eigenvalue weighted by Crippen LogP contribution is -2.01. The Bertz CT molecular complexity index is 370. The van der Waals surface area contributed by atoms with E-state index in [2.05, 4.69) is 27.5 Å². The minimum absolute atomic E-state index is 0.0885. The van der Waals surface area contributed by atoms with Crippen molar-refractivity contribution < 1.29 is 5.11 Å². The fourth-order valence-electron chi connectivity index (χ4n) is 0.816. The molecule has 66 valence electrons. The van der Waals surface area contributed by atoms with Gasteiger partial charge in [0.05, 0.1) is 17.3 Å². The van der Waals surface area contributed by atoms with Crippen LogP contribution >= 0.6 is 15.9 Å². The summed E-state index contributed by atoms with van der Waals surface area (Å²) in [7, 11) is 0. The van der Waals surface area contributed by atoms with Gasteiger partial charge in [0.15, 0.2) is 0 Å². The van der Waals surface area contributed by atoms with Crippen molar-refractivity contribution in [1.82, 2.24) is 4.98 Å². The first-order valence-corrected chi connectivity index (χ1v) is 4.34. The summed E-state index contributed by atoms with van der Waals surface area (Å²) in [4.78, 5) is 4.00. The van der Waals surface area contributed by atoms with Gasteiger partial charge in [0, 0.05) is 0 Å². The molecule has 0 bridgehead atoms. The second-order valence-electron chi connectivity index (χ2n) is 2.42. The molecule has 4 heteroatoms. The van der Waals surface area contributed by atoms with Crippen molar-refractivity contribution in [2.75, 3.05) is 0 Å². The van der Waals surface area contributed by atoms with Crippen LogP contribution in [0.3, 0.4) is 0 Å². The smallest absolute Gasteiger partial charge is 0.130 e. The van der Waals surface area contributed by atoms with E-state index in [1.54, 1.807) is 24.3 Å². The summed E-state index contributed by atoms with van der Waals surface area (Å²) in [5.41, 5.74) is 0.506. The minimum atomic E-state index is -1.01. The van der Waals surface area contributed by atoms with Crippen LogP contribution in [0.15, 0.2) is 35.0 Å². The van der Waals surface area contributed by atoms with Crippen molar-refractivity contribution >= 4 is 15.9 Å². The van der Waals surface area contributed by atoms with Gasteiger partial charge in [-0.2, -0.15) is 5.26 Å². The van der Waals surface area contributed by atoms with Gasteiger partial charge in [-0.05, 0) is 28.1 Å². The van der Waals surface area contributed by atoms with Crippen molar-refractivity contribution in [2.45, 2.75) is 6.10 Å². The van der Waals surface area contributed by atoms with Crippen LogP contribution in [-0.4, -0.2) is 10.1 Å². The molecule has 1 atom stereocenters. The molecule has 0 aliphatic carbocycles. The monoisotopic (exact) mass is 238 g/mol. The van der Waals surface area contributed by atoms with E-state index in [0.717, 1.165) is 0 Å². The molecule has 1 rings (SSSR count). The molecule has 0 radical (unpaired) electrons. The molecule has 0 aliphatic heterocycles. The van der Waals surface area contributed by atoms with E-state index in [-0.39, 0.29) is 5.57 Å². The Hall–Kier alpha value is -1.18. The Morgan fingerprint density at radius 2 is 2.38 bits per heavy atom. The van der Waals surface area contributed by atoms with E-state index in [9.17, 15) is 5.11 Å². The highest BCUT2D eigenvalue weighted by Crippen LogP contribution is 2.18. The first-order chi connectivity index (χ1) is 6.15. The van der Waals surface area contributed by atoms with Gasteiger partial charge in [0.25, 0.3) is 0 Å². The standard InChI is InChI=1S/C9H7BrN2O/c1-6(5-11)9(13)7-3-2-4-8(10)12-7/h2-4,9,13H,1H2. The molecule has 13 heavy (non-hydrogen) atoms. The summed E-state index contributed by atoms with van der Waals surface area (Å²) in [6, 6.07) is 6.90. The molecule has 1 aromatic rings. The third-order valence-electron chi connectivity index (χ3n) is 1.49. The molecule has 0 spiro atoms. The Labute approximate surface area is 84.5 Å². The number of hydrogen-bond donors (Lipinski definition) is 1. The molecule has 3 nitrogen and oxygen atoms in total. The van der Waals surface area contributed by atoms with E-state index < -0.39 is 6.10 Å². The molecular weight excluding hydrogens is 232 g/mol. The summed E-state index contributed by atoms with van der Waals surface area (Å²) in [5.74, 6) is 0. The van der Waals surface area contributed by atoms with Crippen molar-refractivity contribution in [3.63, 3.8) is 0 Å². The fraction of sp³-hybridized carbons (Fsp3) is 0.111. The highest BCUT2D eigenvalue weighted by atomic mass is 79.9. The number of hydrogen-bond acceptors (Lipinski definition) is 3. The van der Waals surface area contributed by atoms with Gasteiger partial charge in [0.1, 0.15) is 10.7 Å². The number of aromatic nitrogens is 1. The SMILES string of the molecule is C=C(C#N)C(O)c1cccc(Br)n1. The van der Waals surface area contributed by atoms with Crippen molar-refractivity contribution in [1.29, 1.82) is 5.26 Å². The van der Waals surface area contributed by atoms with Crippen molar-refractivity contribution in [2.24, 2.45) is 0 Å². The number of aliphatic hydroxyl groups is 1. The van der Waals surface area contributed by atoms with Crippen LogP contribution in [0.4, 0.5) is 0 Å². The molecule has 1 N–H and O–H groups in total. The van der Waals surface area contributed by atoms with Gasteiger partial charge in [-0.15, -0.1) is 0 Å². The van der Waals surface area contributed by atoms with Crippen LogP contribution in [0.25, 0.3) is 0 Å². The summed E-state index contributed by atoms with van der Waals surface area (Å²) in [6.07, 6.45) is -1.01. The van der Waals surface area contributed by atoms with E-state index in [0.29, 0.717) is 10.3 Å². The number of pyridine rings is 1. The second-order valence-corrected chi connectivity index (χ2v) is 3.24. The second kappa shape index (κ2) is 4.17. The molecule has 0 saturated carbocycles. The van der Waals surface area contributed by atoms with Gasteiger partial charge in [0.2, 0.25) is 0 Å². The molecule has 0 saturated heterocycles. The molecule has 0 aliphatic rings. The number of aliphatic hydroxyl groups excluding tert-OH is 1. The molecule has 0 amide bonds. The maximum absolute atomic E-state index is 9.51. The molecule has 0 aromatic carbocycles. The first kappa shape index (κ1) is 9.90. The number of rotatable bonds is 2. The zero-order valence-electron chi connectivity index (χ0n) is 6.74. The summed E-state index contributed by atoms with van der Waals surface area (Å²) >= 11 is 3.17. The molecular formula is C9H7BrN2O. The Morgan fingerprint density at radius 3 is 2.92 bits per heavy atom. The van der Waals surface area contributed by atoms with Crippen LogP contribution in [-0.2, 0) is 0 Å². The van der Waals surface area contributed by atoms with Gasteiger partial charge in [-0.25, -0.2) is 4.98 Å². The molecule has 0 fully saturated rings. The Balaban J connectivity index is 2.96. The van der Waals surface area contributed by atoms with E-state index in [4.69, 9.17) is 5.26 Å². The lowest BCUT2D eigenvalue weighted by atomic mass is 10.1. The first-order valence-electron chi connectivity index (χ1n) is 3.54. The summed E-state index contributed by atoms with van der Waals surface area (Å²) in [6.45, 7) is 3.41. The van der Waals surface area contributed by atoms with Gasteiger partial charge >= 0.3 is 0 Å². The minimum Gasteiger partial charge on any atom is -0.381 e. The van der Waals surface area contributed by atoms with Gasteiger partial charge in [-0.3, -0.25) is 0 Å². The van der Waals surface area contributed by atoms with Crippen LogP contribution in [0.1, 0.15) is 11.8 Å². The highest BCUT2D eigenvalue weighted by molar-refractivity contribution is 9.10. The maximum atomic E-state index is 9.51. The number of nitriles is 1. The van der Waals surface area contributed by atoms with Crippen LogP contribution in [0.5, 0.6) is 0 Å². The largest absolute Gasteiger partial charge is 0.381 e. The Morgan fingerprint density at radius 1 is 1.69 bits per heavy atom. The van der Waals surface area contributed by atoms with E-state index >= 15 is 0 Å². The van der Waals surface area contributed by atoms with Crippen LogP contribution < -0.4 is 0 Å². The predicted octanol–water partition coefficient (Wildman–Crippen LogP) is 1.96. The third kappa shape index (κ3) is 2.38. The van der Waals surface area contributed by atoms with Crippen molar-refractivity contribution in [3.05, 3.63) is 40.6 Å². The topological polar surface area (TPSA) is 56.9 Å². The number of halogens is 1. The molecule has 1 unspecified atom stereocenters. The maximum Gasteiger partial charge on any atom is 0.130 e. The van der Waals surface area contributed by atoms with Gasteiger partial charge in [-0.1, -0.05) is 12.6 Å². The summed E-state index contributed by atoms with van der Waals surface area (Å²) < 4.78 is 0.620. The van der Waals surface area contributed by atoms with Crippen LogP contribution in [0, 0.1) is 11.3 Å². The average molecular weight is 239 g/mol.